The molecule has 1 aromatic rings. The van der Waals surface area contributed by atoms with Gasteiger partial charge in [-0.2, -0.15) is 0 Å². The zero-order valence-electron chi connectivity index (χ0n) is 18.1. The summed E-state index contributed by atoms with van der Waals surface area (Å²) < 4.78 is 15.3. The Bertz CT molecular complexity index is 860. The number of methoxy groups -OCH3 is 3. The van der Waals surface area contributed by atoms with Crippen LogP contribution in [0, 0.1) is 29.1 Å². The number of aryl methyl sites for hydroxylation is 1. The highest BCUT2D eigenvalue weighted by Crippen LogP contribution is 2.62. The lowest BCUT2D eigenvalue weighted by molar-refractivity contribution is -0.164. The van der Waals surface area contributed by atoms with Crippen LogP contribution in [0.25, 0.3) is 0 Å². The molecule has 3 aliphatic carbocycles. The predicted molar refractivity (Wildman–Crippen MR) is 109 cm³/mol. The van der Waals surface area contributed by atoms with Crippen molar-refractivity contribution in [1.82, 2.24) is 0 Å². The SMILES string of the molecule is COC(=O)C(C(=O)OC)[C@H]1CC(=O)[C@@]2(C)CC[C@@H]3c4ccc(OC)cc4CC[C@H]3[C@H]12. The number of ether oxygens (including phenoxy) is 3. The van der Waals surface area contributed by atoms with Gasteiger partial charge in [-0.05, 0) is 72.6 Å². The minimum absolute atomic E-state index is 0.0396. The van der Waals surface area contributed by atoms with Crippen LogP contribution in [-0.4, -0.2) is 39.1 Å². The van der Waals surface area contributed by atoms with Gasteiger partial charge in [0.15, 0.2) is 5.92 Å². The van der Waals surface area contributed by atoms with Crippen molar-refractivity contribution in [3.05, 3.63) is 29.3 Å². The third-order valence-corrected chi connectivity index (χ3v) is 8.04. The van der Waals surface area contributed by atoms with E-state index < -0.39 is 23.3 Å². The predicted octanol–water partition coefficient (Wildman–Crippen LogP) is 3.31. The van der Waals surface area contributed by atoms with E-state index >= 15 is 0 Å². The van der Waals surface area contributed by atoms with E-state index in [2.05, 4.69) is 12.1 Å². The standard InChI is InChI=1S/C24H30O6/c1-24-10-9-16-15-8-6-14(28-2)11-13(15)5-7-17(16)21(24)18(12-19(24)25)20(22(26)29-3)23(27)30-4/h6,8,11,16-18,20-21H,5,7,9-10,12H2,1-4H3/t16-,17-,18-,21-,24-/m1/s1. The summed E-state index contributed by atoms with van der Waals surface area (Å²) >= 11 is 0. The molecule has 0 bridgehead atoms. The summed E-state index contributed by atoms with van der Waals surface area (Å²) in [5.41, 5.74) is 2.12. The Hall–Kier alpha value is -2.37. The van der Waals surface area contributed by atoms with Crippen LogP contribution in [0.4, 0.5) is 0 Å². The highest BCUT2D eigenvalue weighted by molar-refractivity contribution is 5.97. The summed E-state index contributed by atoms with van der Waals surface area (Å²) in [5, 5.41) is 0. The van der Waals surface area contributed by atoms with Gasteiger partial charge >= 0.3 is 11.9 Å². The number of rotatable bonds is 4. The molecular weight excluding hydrogens is 384 g/mol. The molecule has 0 N–H and O–H groups in total. The summed E-state index contributed by atoms with van der Waals surface area (Å²) in [6.07, 6.45) is 3.78. The largest absolute Gasteiger partial charge is 0.497 e. The Morgan fingerprint density at radius 2 is 1.80 bits per heavy atom. The Balaban J connectivity index is 1.74. The number of ketones is 1. The first-order valence-electron chi connectivity index (χ1n) is 10.7. The minimum Gasteiger partial charge on any atom is -0.497 e. The van der Waals surface area contributed by atoms with Crippen molar-refractivity contribution in [2.45, 2.75) is 44.9 Å². The molecular formula is C24H30O6. The molecule has 4 rings (SSSR count). The number of fused-ring (bicyclic) bond motifs is 5. The monoisotopic (exact) mass is 414 g/mol. The molecule has 0 radical (unpaired) electrons. The van der Waals surface area contributed by atoms with E-state index in [9.17, 15) is 14.4 Å². The van der Waals surface area contributed by atoms with E-state index in [1.54, 1.807) is 7.11 Å². The first-order chi connectivity index (χ1) is 14.3. The molecule has 0 unspecified atom stereocenters. The highest BCUT2D eigenvalue weighted by atomic mass is 16.5. The molecule has 0 aliphatic heterocycles. The third-order valence-electron chi connectivity index (χ3n) is 8.04. The van der Waals surface area contributed by atoms with E-state index in [1.165, 1.54) is 25.3 Å². The van der Waals surface area contributed by atoms with Gasteiger partial charge in [-0.15, -0.1) is 0 Å². The van der Waals surface area contributed by atoms with Crippen LogP contribution in [0.5, 0.6) is 5.75 Å². The molecule has 1 aromatic carbocycles. The molecule has 6 nitrogen and oxygen atoms in total. The lowest BCUT2D eigenvalue weighted by atomic mass is 9.53. The first kappa shape index (κ1) is 20.9. The molecule has 6 heteroatoms. The van der Waals surface area contributed by atoms with Gasteiger partial charge < -0.3 is 14.2 Å². The molecule has 0 heterocycles. The molecule has 0 saturated heterocycles. The number of Topliss-reactive ketones (excluding diaryl/α,β-unsaturated/α-hetero) is 1. The Kier molecular flexibility index (Phi) is 5.37. The van der Waals surface area contributed by atoms with Crippen molar-refractivity contribution in [2.75, 3.05) is 21.3 Å². The van der Waals surface area contributed by atoms with Crippen LogP contribution < -0.4 is 4.74 Å². The molecule has 0 amide bonds. The van der Waals surface area contributed by atoms with Gasteiger partial charge in [0.2, 0.25) is 0 Å². The number of carbonyl (C=O) groups is 3. The maximum absolute atomic E-state index is 13.1. The Morgan fingerprint density at radius 1 is 1.10 bits per heavy atom. The fraction of sp³-hybridized carbons (Fsp3) is 0.625. The number of benzene rings is 1. The molecule has 5 atom stereocenters. The minimum atomic E-state index is -1.05. The smallest absolute Gasteiger partial charge is 0.320 e. The maximum Gasteiger partial charge on any atom is 0.320 e. The topological polar surface area (TPSA) is 78.9 Å². The van der Waals surface area contributed by atoms with Crippen molar-refractivity contribution in [3.8, 4) is 5.75 Å². The molecule has 0 aromatic heterocycles. The van der Waals surface area contributed by atoms with E-state index in [4.69, 9.17) is 14.2 Å². The summed E-state index contributed by atoms with van der Waals surface area (Å²) in [7, 11) is 4.23. The molecule has 2 saturated carbocycles. The lowest BCUT2D eigenvalue weighted by Crippen LogP contribution is -2.47. The zero-order valence-corrected chi connectivity index (χ0v) is 18.1. The van der Waals surface area contributed by atoms with Gasteiger partial charge in [0, 0.05) is 11.8 Å². The van der Waals surface area contributed by atoms with Crippen LogP contribution in [0.1, 0.15) is 49.7 Å². The normalized spacial score (nSPS) is 32.1. The van der Waals surface area contributed by atoms with Crippen molar-refractivity contribution in [2.24, 2.45) is 29.1 Å². The average molecular weight is 414 g/mol. The second-order valence-electron chi connectivity index (χ2n) is 9.17. The number of carbonyl (C=O) groups excluding carboxylic acids is 3. The molecule has 0 spiro atoms. The van der Waals surface area contributed by atoms with E-state index in [-0.39, 0.29) is 30.0 Å². The molecule has 30 heavy (non-hydrogen) atoms. The quantitative estimate of drug-likeness (QED) is 0.556. The number of hydrogen-bond donors (Lipinski definition) is 0. The Morgan fingerprint density at radius 3 is 2.43 bits per heavy atom. The van der Waals surface area contributed by atoms with E-state index in [1.807, 2.05) is 13.0 Å². The van der Waals surface area contributed by atoms with Gasteiger partial charge in [-0.1, -0.05) is 13.0 Å². The van der Waals surface area contributed by atoms with Crippen molar-refractivity contribution in [3.63, 3.8) is 0 Å². The first-order valence-corrected chi connectivity index (χ1v) is 10.7. The zero-order chi connectivity index (χ0) is 21.6. The number of hydrogen-bond acceptors (Lipinski definition) is 6. The summed E-state index contributed by atoms with van der Waals surface area (Å²) in [6.45, 7) is 2.03. The van der Waals surface area contributed by atoms with Crippen LogP contribution in [0.2, 0.25) is 0 Å². The summed E-state index contributed by atoms with van der Waals surface area (Å²) in [5.74, 6) is -1.09. The average Bonchev–Trinajstić information content (AvgIpc) is 3.03. The van der Waals surface area contributed by atoms with Crippen LogP contribution in [-0.2, 0) is 30.3 Å². The van der Waals surface area contributed by atoms with Crippen molar-refractivity contribution < 1.29 is 28.6 Å². The van der Waals surface area contributed by atoms with Gasteiger partial charge in [-0.25, -0.2) is 0 Å². The fourth-order valence-electron chi connectivity index (χ4n) is 6.65. The summed E-state index contributed by atoms with van der Waals surface area (Å²) in [4.78, 5) is 38.3. The van der Waals surface area contributed by atoms with Crippen LogP contribution in [0.15, 0.2) is 18.2 Å². The van der Waals surface area contributed by atoms with Gasteiger partial charge in [-0.3, -0.25) is 14.4 Å². The van der Waals surface area contributed by atoms with E-state index in [0.717, 1.165) is 31.4 Å². The van der Waals surface area contributed by atoms with Gasteiger partial charge in [0.1, 0.15) is 11.5 Å². The second kappa shape index (κ2) is 7.71. The molecule has 2 fully saturated rings. The van der Waals surface area contributed by atoms with Gasteiger partial charge in [0.25, 0.3) is 0 Å². The number of esters is 2. The van der Waals surface area contributed by atoms with E-state index in [0.29, 0.717) is 5.92 Å². The summed E-state index contributed by atoms with van der Waals surface area (Å²) in [6, 6.07) is 6.26. The van der Waals surface area contributed by atoms with Gasteiger partial charge in [0.05, 0.1) is 21.3 Å². The Labute approximate surface area is 177 Å². The molecule has 162 valence electrons. The van der Waals surface area contributed by atoms with Crippen molar-refractivity contribution >= 4 is 17.7 Å². The highest BCUT2D eigenvalue weighted by Gasteiger charge is 2.62. The fourth-order valence-corrected chi connectivity index (χ4v) is 6.65. The molecule has 3 aliphatic rings. The second-order valence-corrected chi connectivity index (χ2v) is 9.17. The maximum atomic E-state index is 13.1. The van der Waals surface area contributed by atoms with Crippen LogP contribution >= 0.6 is 0 Å². The lowest BCUT2D eigenvalue weighted by Gasteiger charge is -2.50. The van der Waals surface area contributed by atoms with Crippen molar-refractivity contribution in [1.29, 1.82) is 0 Å². The van der Waals surface area contributed by atoms with Crippen LogP contribution in [0.3, 0.4) is 0 Å². The third kappa shape index (κ3) is 3.03.